The summed E-state index contributed by atoms with van der Waals surface area (Å²) in [6.45, 7) is 13.5. The van der Waals surface area contributed by atoms with Gasteiger partial charge in [0.05, 0.1) is 6.04 Å². The van der Waals surface area contributed by atoms with E-state index in [9.17, 15) is 0 Å². The molecule has 0 spiro atoms. The van der Waals surface area contributed by atoms with Crippen molar-refractivity contribution >= 4 is 26.1 Å². The lowest BCUT2D eigenvalue weighted by Crippen LogP contribution is -2.52. The second-order valence-corrected chi connectivity index (χ2v) is 7.72. The van der Waals surface area contributed by atoms with Crippen LogP contribution in [0, 0.1) is 0 Å². The summed E-state index contributed by atoms with van der Waals surface area (Å²) in [6, 6.07) is 0.611. The van der Waals surface area contributed by atoms with Crippen LogP contribution in [-0.2, 0) is 18.0 Å². The van der Waals surface area contributed by atoms with Gasteiger partial charge in [0.15, 0.2) is 5.05 Å². The maximum absolute atomic E-state index is 5.86. The molecule has 0 radical (unpaired) electrons. The summed E-state index contributed by atoms with van der Waals surface area (Å²) in [6.07, 6.45) is 0.822. The topological polar surface area (TPSA) is 36.9 Å². The minimum Gasteiger partial charge on any atom is -0.481 e. The molecule has 0 aliphatic heterocycles. The molecule has 114 valence electrons. The van der Waals surface area contributed by atoms with E-state index >= 15 is 0 Å². The van der Waals surface area contributed by atoms with Crippen LogP contribution in [0.15, 0.2) is 0 Å². The van der Waals surface area contributed by atoms with Crippen molar-refractivity contribution in [1.29, 1.82) is 0 Å². The molecule has 0 aliphatic rings. The summed E-state index contributed by atoms with van der Waals surface area (Å²) in [5.74, 6) is 0. The van der Waals surface area contributed by atoms with Gasteiger partial charge in [-0.25, -0.2) is 0 Å². The van der Waals surface area contributed by atoms with E-state index in [0.29, 0.717) is 30.9 Å². The van der Waals surface area contributed by atoms with E-state index in [0.717, 1.165) is 6.42 Å². The fraction of sp³-hybridized carbons (Fsp3) is 0.923. The van der Waals surface area contributed by atoms with Crippen LogP contribution in [0.25, 0.3) is 0 Å². The molecular formula is C13H28O4SSi. The molecule has 1 atom stereocenters. The Bertz CT molecular complexity index is 258. The van der Waals surface area contributed by atoms with Crippen LogP contribution in [0.4, 0.5) is 0 Å². The van der Waals surface area contributed by atoms with E-state index < -0.39 is 14.4 Å². The molecule has 0 bridgehead atoms. The van der Waals surface area contributed by atoms with Crippen LogP contribution >= 0.6 is 12.2 Å². The Morgan fingerprint density at radius 3 is 1.68 bits per heavy atom. The molecule has 0 saturated carbocycles. The highest BCUT2D eigenvalue weighted by Crippen LogP contribution is 2.30. The lowest BCUT2D eigenvalue weighted by Gasteiger charge is -2.37. The largest absolute Gasteiger partial charge is 0.505 e. The van der Waals surface area contributed by atoms with Gasteiger partial charge in [0.1, 0.15) is 5.60 Å². The Balaban J connectivity index is 5.06. The van der Waals surface area contributed by atoms with E-state index in [1.807, 2.05) is 27.7 Å². The van der Waals surface area contributed by atoms with Gasteiger partial charge in [0, 0.05) is 26.7 Å². The molecule has 0 heterocycles. The SMILES string of the molecule is CCO[Si](CC(C)(CC)OC(C)=S)(OCC)OCC. The lowest BCUT2D eigenvalue weighted by atomic mass is 10.1. The lowest BCUT2D eigenvalue weighted by molar-refractivity contribution is 0.0290. The number of hydrogen-bond donors (Lipinski definition) is 0. The second kappa shape index (κ2) is 9.02. The van der Waals surface area contributed by atoms with Crippen molar-refractivity contribution in [2.75, 3.05) is 19.8 Å². The van der Waals surface area contributed by atoms with Gasteiger partial charge in [-0.3, -0.25) is 0 Å². The summed E-state index contributed by atoms with van der Waals surface area (Å²) in [7, 11) is -2.70. The standard InChI is InChI=1S/C13H28O4SSi/c1-7-13(6,17-12(5)18)11-19(14-8-2,15-9-3)16-10-4/h7-11H2,1-6H3. The molecule has 1 unspecified atom stereocenters. The summed E-state index contributed by atoms with van der Waals surface area (Å²) >= 11 is 5.06. The Morgan fingerprint density at radius 2 is 1.42 bits per heavy atom. The van der Waals surface area contributed by atoms with Crippen LogP contribution < -0.4 is 0 Å². The van der Waals surface area contributed by atoms with Gasteiger partial charge in [0.2, 0.25) is 0 Å². The third-order valence-corrected chi connectivity index (χ3v) is 6.27. The van der Waals surface area contributed by atoms with Gasteiger partial charge in [-0.15, -0.1) is 0 Å². The van der Waals surface area contributed by atoms with E-state index in [-0.39, 0.29) is 0 Å². The van der Waals surface area contributed by atoms with Gasteiger partial charge in [-0.1, -0.05) is 6.92 Å². The van der Waals surface area contributed by atoms with Crippen molar-refractivity contribution in [3.05, 3.63) is 0 Å². The Kier molecular flexibility index (Phi) is 9.01. The molecule has 0 rings (SSSR count). The average molecular weight is 309 g/mol. The second-order valence-electron chi connectivity index (χ2n) is 4.56. The highest BCUT2D eigenvalue weighted by atomic mass is 32.1. The molecular weight excluding hydrogens is 280 g/mol. The van der Waals surface area contributed by atoms with Crippen molar-refractivity contribution in [1.82, 2.24) is 0 Å². The first-order valence-electron chi connectivity index (χ1n) is 6.98. The van der Waals surface area contributed by atoms with Crippen LogP contribution in [-0.4, -0.2) is 39.3 Å². The first-order chi connectivity index (χ1) is 8.87. The smallest absolute Gasteiger partial charge is 0.481 e. The molecule has 19 heavy (non-hydrogen) atoms. The van der Waals surface area contributed by atoms with Crippen LogP contribution in [0.1, 0.15) is 48.0 Å². The number of thiocarbonyl (C=S) groups is 1. The minimum atomic E-state index is -2.70. The normalized spacial score (nSPS) is 15.1. The molecule has 0 aliphatic carbocycles. The molecule has 0 amide bonds. The van der Waals surface area contributed by atoms with Gasteiger partial charge in [0.25, 0.3) is 0 Å². The Labute approximate surface area is 124 Å². The van der Waals surface area contributed by atoms with Crippen LogP contribution in [0.3, 0.4) is 0 Å². The molecule has 0 aromatic rings. The van der Waals surface area contributed by atoms with Crippen molar-refractivity contribution in [3.63, 3.8) is 0 Å². The van der Waals surface area contributed by atoms with Crippen LogP contribution in [0.5, 0.6) is 0 Å². The van der Waals surface area contributed by atoms with E-state index in [1.54, 1.807) is 6.92 Å². The van der Waals surface area contributed by atoms with E-state index in [4.69, 9.17) is 30.2 Å². The fourth-order valence-corrected chi connectivity index (χ4v) is 5.29. The van der Waals surface area contributed by atoms with Gasteiger partial charge < -0.3 is 18.0 Å². The quantitative estimate of drug-likeness (QED) is 0.455. The van der Waals surface area contributed by atoms with Gasteiger partial charge in [-0.2, -0.15) is 0 Å². The molecule has 0 N–H and O–H groups in total. The van der Waals surface area contributed by atoms with Crippen LogP contribution in [0.2, 0.25) is 6.04 Å². The molecule has 0 aromatic carbocycles. The highest BCUT2D eigenvalue weighted by Gasteiger charge is 2.48. The predicted octanol–water partition coefficient (Wildman–Crippen LogP) is 3.57. The van der Waals surface area contributed by atoms with Crippen molar-refractivity contribution in [3.8, 4) is 0 Å². The third-order valence-electron chi connectivity index (χ3n) is 2.82. The van der Waals surface area contributed by atoms with E-state index in [2.05, 4.69) is 6.92 Å². The Morgan fingerprint density at radius 1 is 1.00 bits per heavy atom. The molecule has 6 heteroatoms. The van der Waals surface area contributed by atoms with Crippen molar-refractivity contribution in [2.24, 2.45) is 0 Å². The maximum Gasteiger partial charge on any atom is 0.505 e. The third kappa shape index (κ3) is 6.81. The van der Waals surface area contributed by atoms with Crippen molar-refractivity contribution < 1.29 is 18.0 Å². The zero-order valence-corrected chi connectivity index (χ0v) is 14.9. The zero-order chi connectivity index (χ0) is 14.9. The minimum absolute atomic E-state index is 0.405. The molecule has 0 fully saturated rings. The zero-order valence-electron chi connectivity index (χ0n) is 13.1. The molecule has 0 saturated heterocycles. The number of ether oxygens (including phenoxy) is 1. The summed E-state index contributed by atoms with van der Waals surface area (Å²) in [4.78, 5) is 0. The maximum atomic E-state index is 5.86. The molecule has 0 aromatic heterocycles. The highest BCUT2D eigenvalue weighted by molar-refractivity contribution is 7.80. The summed E-state index contributed by atoms with van der Waals surface area (Å²) in [5, 5.41) is 0.539. The average Bonchev–Trinajstić information content (AvgIpc) is 2.28. The van der Waals surface area contributed by atoms with Crippen molar-refractivity contribution in [2.45, 2.75) is 59.6 Å². The fourth-order valence-electron chi connectivity index (χ4n) is 1.98. The first-order valence-corrected chi connectivity index (χ1v) is 9.32. The predicted molar refractivity (Wildman–Crippen MR) is 83.5 cm³/mol. The summed E-state index contributed by atoms with van der Waals surface area (Å²) in [5.41, 5.74) is -0.405. The number of hydrogen-bond acceptors (Lipinski definition) is 5. The Hall–Kier alpha value is -0.0131. The monoisotopic (exact) mass is 308 g/mol. The first kappa shape index (κ1) is 19.0. The number of rotatable bonds is 10. The van der Waals surface area contributed by atoms with Gasteiger partial charge in [-0.05, 0) is 46.3 Å². The van der Waals surface area contributed by atoms with Gasteiger partial charge >= 0.3 is 8.80 Å². The molecule has 4 nitrogen and oxygen atoms in total. The van der Waals surface area contributed by atoms with E-state index in [1.165, 1.54) is 0 Å². The summed E-state index contributed by atoms with van der Waals surface area (Å²) < 4.78 is 23.4.